The van der Waals surface area contributed by atoms with Crippen LogP contribution in [-0.4, -0.2) is 37.7 Å². The molecule has 1 fully saturated rings. The standard InChI is InChI=1S/C20H27N3O2/c1-15(25-14-16-6-7-16)20(24)23(13-17-5-4-12-21-17)19-10-8-18(9-11-19)22(2)3/h4-5,8-12,15-16,21H,6-7,13-14H2,1-3H3. The molecule has 1 N–H and O–H groups in total. The number of ether oxygens (including phenoxy) is 1. The quantitative estimate of drug-likeness (QED) is 0.800. The van der Waals surface area contributed by atoms with Gasteiger partial charge in [0.1, 0.15) is 6.10 Å². The molecule has 0 spiro atoms. The lowest BCUT2D eigenvalue weighted by molar-refractivity contribution is -0.129. The van der Waals surface area contributed by atoms with E-state index < -0.39 is 6.10 Å². The van der Waals surface area contributed by atoms with Crippen LogP contribution in [0.3, 0.4) is 0 Å². The average Bonchev–Trinajstić information content (AvgIpc) is 3.31. The summed E-state index contributed by atoms with van der Waals surface area (Å²) in [5.41, 5.74) is 2.99. The van der Waals surface area contributed by atoms with Gasteiger partial charge in [0.15, 0.2) is 0 Å². The first-order valence-corrected chi connectivity index (χ1v) is 8.87. The fourth-order valence-electron chi connectivity index (χ4n) is 2.72. The van der Waals surface area contributed by atoms with E-state index in [2.05, 4.69) is 4.98 Å². The van der Waals surface area contributed by atoms with Gasteiger partial charge in [-0.1, -0.05) is 0 Å². The van der Waals surface area contributed by atoms with Crippen molar-refractivity contribution in [3.05, 3.63) is 48.3 Å². The number of hydrogen-bond acceptors (Lipinski definition) is 3. The van der Waals surface area contributed by atoms with Crippen molar-refractivity contribution in [2.24, 2.45) is 5.92 Å². The maximum absolute atomic E-state index is 13.0. The van der Waals surface area contributed by atoms with Crippen LogP contribution in [0.2, 0.25) is 0 Å². The first kappa shape index (κ1) is 17.5. The van der Waals surface area contributed by atoms with E-state index >= 15 is 0 Å². The molecule has 1 heterocycles. The molecule has 1 unspecified atom stereocenters. The van der Waals surface area contributed by atoms with Crippen molar-refractivity contribution in [1.82, 2.24) is 4.98 Å². The SMILES string of the molecule is CC(OCC1CC1)C(=O)N(Cc1ccc[nH]1)c1ccc(N(C)C)cc1. The number of anilines is 2. The van der Waals surface area contributed by atoms with Crippen molar-refractivity contribution in [2.45, 2.75) is 32.4 Å². The lowest BCUT2D eigenvalue weighted by atomic mass is 10.2. The highest BCUT2D eigenvalue weighted by Crippen LogP contribution is 2.29. The van der Waals surface area contributed by atoms with Gasteiger partial charge in [-0.05, 0) is 62.1 Å². The molecule has 1 saturated carbocycles. The van der Waals surface area contributed by atoms with Crippen LogP contribution in [0.15, 0.2) is 42.6 Å². The zero-order chi connectivity index (χ0) is 17.8. The third kappa shape index (κ3) is 4.63. The number of nitrogens with one attached hydrogen (secondary N) is 1. The van der Waals surface area contributed by atoms with E-state index in [0.29, 0.717) is 19.1 Å². The second-order valence-electron chi connectivity index (χ2n) is 6.95. The summed E-state index contributed by atoms with van der Waals surface area (Å²) in [6.07, 6.45) is 3.88. The van der Waals surface area contributed by atoms with Crippen molar-refractivity contribution in [3.63, 3.8) is 0 Å². The first-order chi connectivity index (χ1) is 12.0. The number of H-pyrrole nitrogens is 1. The van der Waals surface area contributed by atoms with E-state index in [1.165, 1.54) is 12.8 Å². The summed E-state index contributed by atoms with van der Waals surface area (Å²) in [4.78, 5) is 20.0. The summed E-state index contributed by atoms with van der Waals surface area (Å²) >= 11 is 0. The Bertz CT molecular complexity index is 675. The van der Waals surface area contributed by atoms with Crippen LogP contribution in [0.4, 0.5) is 11.4 Å². The Morgan fingerprint density at radius 3 is 2.44 bits per heavy atom. The Morgan fingerprint density at radius 2 is 1.88 bits per heavy atom. The van der Waals surface area contributed by atoms with Gasteiger partial charge in [-0.25, -0.2) is 0 Å². The molecule has 5 nitrogen and oxygen atoms in total. The predicted octanol–water partition coefficient (Wildman–Crippen LogP) is 3.43. The topological polar surface area (TPSA) is 48.6 Å². The van der Waals surface area contributed by atoms with E-state index in [0.717, 1.165) is 17.1 Å². The Morgan fingerprint density at radius 1 is 1.20 bits per heavy atom. The number of carbonyl (C=O) groups excluding carboxylic acids is 1. The van der Waals surface area contributed by atoms with E-state index in [9.17, 15) is 4.79 Å². The van der Waals surface area contributed by atoms with Gasteiger partial charge < -0.3 is 19.5 Å². The summed E-state index contributed by atoms with van der Waals surface area (Å²) in [5.74, 6) is 0.638. The molecule has 134 valence electrons. The molecule has 1 aliphatic carbocycles. The molecule has 25 heavy (non-hydrogen) atoms. The van der Waals surface area contributed by atoms with Gasteiger partial charge in [0, 0.05) is 37.4 Å². The smallest absolute Gasteiger partial charge is 0.256 e. The number of carbonyl (C=O) groups is 1. The maximum atomic E-state index is 13.0. The van der Waals surface area contributed by atoms with Gasteiger partial charge in [0.05, 0.1) is 13.2 Å². The lowest BCUT2D eigenvalue weighted by Gasteiger charge is -2.26. The minimum atomic E-state index is -0.441. The Labute approximate surface area is 149 Å². The number of amides is 1. The largest absolute Gasteiger partial charge is 0.378 e. The van der Waals surface area contributed by atoms with E-state index in [-0.39, 0.29) is 5.91 Å². The van der Waals surface area contributed by atoms with Gasteiger partial charge >= 0.3 is 0 Å². The maximum Gasteiger partial charge on any atom is 0.256 e. The zero-order valence-electron chi connectivity index (χ0n) is 15.2. The summed E-state index contributed by atoms with van der Waals surface area (Å²) in [6, 6.07) is 12.0. The number of benzene rings is 1. The molecule has 1 atom stereocenters. The number of rotatable bonds is 8. The second kappa shape index (κ2) is 7.74. The number of aromatic nitrogens is 1. The van der Waals surface area contributed by atoms with E-state index in [4.69, 9.17) is 4.74 Å². The summed E-state index contributed by atoms with van der Waals surface area (Å²) in [6.45, 7) is 3.04. The van der Waals surface area contributed by atoms with E-state index in [1.54, 1.807) is 4.90 Å². The summed E-state index contributed by atoms with van der Waals surface area (Å²) < 4.78 is 5.80. The predicted molar refractivity (Wildman–Crippen MR) is 101 cm³/mol. The number of nitrogens with zero attached hydrogens (tertiary/aromatic N) is 2. The second-order valence-corrected chi connectivity index (χ2v) is 6.95. The van der Waals surface area contributed by atoms with Gasteiger partial charge in [0.2, 0.25) is 0 Å². The number of aromatic amines is 1. The fourth-order valence-corrected chi connectivity index (χ4v) is 2.72. The molecule has 0 aliphatic heterocycles. The molecule has 5 heteroatoms. The molecule has 1 aromatic carbocycles. The molecule has 2 aromatic rings. The highest BCUT2D eigenvalue weighted by molar-refractivity contribution is 5.96. The van der Waals surface area contributed by atoms with E-state index in [1.807, 2.05) is 68.5 Å². The molecule has 3 rings (SSSR count). The van der Waals surface area contributed by atoms with Crippen LogP contribution < -0.4 is 9.80 Å². The molecule has 0 saturated heterocycles. The van der Waals surface area contributed by atoms with Crippen molar-refractivity contribution < 1.29 is 9.53 Å². The monoisotopic (exact) mass is 341 g/mol. The third-order valence-electron chi connectivity index (χ3n) is 4.56. The lowest BCUT2D eigenvalue weighted by Crippen LogP contribution is -2.39. The number of hydrogen-bond donors (Lipinski definition) is 1. The molecule has 1 aromatic heterocycles. The molecule has 0 radical (unpaired) electrons. The van der Waals surface area contributed by atoms with Crippen molar-refractivity contribution in [2.75, 3.05) is 30.5 Å². The minimum Gasteiger partial charge on any atom is -0.378 e. The molecule has 1 aliphatic rings. The van der Waals surface area contributed by atoms with Crippen LogP contribution in [0.25, 0.3) is 0 Å². The molecular weight excluding hydrogens is 314 g/mol. The highest BCUT2D eigenvalue weighted by atomic mass is 16.5. The fraction of sp³-hybridized carbons (Fsp3) is 0.450. The summed E-state index contributed by atoms with van der Waals surface area (Å²) in [5, 5.41) is 0. The summed E-state index contributed by atoms with van der Waals surface area (Å²) in [7, 11) is 4.01. The Balaban J connectivity index is 1.76. The minimum absolute atomic E-state index is 0.00662. The van der Waals surface area contributed by atoms with Crippen LogP contribution in [0.5, 0.6) is 0 Å². The van der Waals surface area contributed by atoms with Crippen molar-refractivity contribution in [3.8, 4) is 0 Å². The van der Waals surface area contributed by atoms with Gasteiger partial charge in [0.25, 0.3) is 5.91 Å². The van der Waals surface area contributed by atoms with Crippen LogP contribution in [-0.2, 0) is 16.1 Å². The zero-order valence-corrected chi connectivity index (χ0v) is 15.2. The van der Waals surface area contributed by atoms with Gasteiger partial charge in [-0.2, -0.15) is 0 Å². The molecule has 0 bridgehead atoms. The van der Waals surface area contributed by atoms with Crippen molar-refractivity contribution in [1.29, 1.82) is 0 Å². The van der Waals surface area contributed by atoms with Crippen molar-refractivity contribution >= 4 is 17.3 Å². The molecular formula is C20H27N3O2. The molecule has 1 amide bonds. The van der Waals surface area contributed by atoms with Crippen LogP contribution in [0.1, 0.15) is 25.5 Å². The van der Waals surface area contributed by atoms with Crippen LogP contribution in [0, 0.1) is 5.92 Å². The van der Waals surface area contributed by atoms with Gasteiger partial charge in [-0.3, -0.25) is 4.79 Å². The van der Waals surface area contributed by atoms with Crippen LogP contribution >= 0.6 is 0 Å². The Kier molecular flexibility index (Phi) is 5.43. The average molecular weight is 341 g/mol. The third-order valence-corrected chi connectivity index (χ3v) is 4.56. The first-order valence-electron chi connectivity index (χ1n) is 8.87. The highest BCUT2D eigenvalue weighted by Gasteiger charge is 2.27. The van der Waals surface area contributed by atoms with Gasteiger partial charge in [-0.15, -0.1) is 0 Å². The normalized spacial score (nSPS) is 15.0. The Hall–Kier alpha value is -2.27.